The maximum Gasteiger partial charge on any atom is 0.198 e. The smallest absolute Gasteiger partial charge is 0.198 e. The van der Waals surface area contributed by atoms with E-state index in [4.69, 9.17) is 11.6 Å². The Morgan fingerprint density at radius 3 is 3.06 bits per heavy atom. The van der Waals surface area contributed by atoms with Gasteiger partial charge in [-0.25, -0.2) is 0 Å². The van der Waals surface area contributed by atoms with Crippen LogP contribution in [0.4, 0.5) is 0 Å². The van der Waals surface area contributed by atoms with E-state index in [2.05, 4.69) is 16.6 Å². The molecule has 16 heavy (non-hydrogen) atoms. The Bertz CT molecular complexity index is 557. The van der Waals surface area contributed by atoms with Crippen LogP contribution in [-0.2, 0) is 0 Å². The molecule has 3 nitrogen and oxygen atoms in total. The average molecular weight is 235 g/mol. The molecule has 4 heteroatoms. The number of nitrogens with zero attached hydrogens (tertiary/aromatic N) is 1. The van der Waals surface area contributed by atoms with Crippen molar-refractivity contribution in [1.29, 1.82) is 0 Å². The Hall–Kier alpha value is -1.74. The van der Waals surface area contributed by atoms with Gasteiger partial charge in [0, 0.05) is 22.1 Å². The first kappa shape index (κ1) is 10.8. The van der Waals surface area contributed by atoms with Gasteiger partial charge < -0.3 is 10.1 Å². The second kappa shape index (κ2) is 4.41. The van der Waals surface area contributed by atoms with Gasteiger partial charge >= 0.3 is 0 Å². The first-order chi connectivity index (χ1) is 7.72. The van der Waals surface area contributed by atoms with Crippen LogP contribution >= 0.6 is 11.6 Å². The van der Waals surface area contributed by atoms with Gasteiger partial charge in [0.05, 0.1) is 12.1 Å². The molecule has 2 rings (SSSR count). The molecule has 0 amide bonds. The summed E-state index contributed by atoms with van der Waals surface area (Å²) < 4.78 is 0. The van der Waals surface area contributed by atoms with E-state index >= 15 is 0 Å². The lowest BCUT2D eigenvalue weighted by atomic mass is 10.2. The summed E-state index contributed by atoms with van der Waals surface area (Å²) in [5, 5.41) is 11.2. The minimum atomic E-state index is 0.102. The Balaban J connectivity index is 2.53. The zero-order valence-corrected chi connectivity index (χ0v) is 9.33. The van der Waals surface area contributed by atoms with Gasteiger partial charge in [0.25, 0.3) is 0 Å². The van der Waals surface area contributed by atoms with Crippen molar-refractivity contribution >= 4 is 28.7 Å². The summed E-state index contributed by atoms with van der Waals surface area (Å²) in [5.41, 5.74) is 1.49. The van der Waals surface area contributed by atoms with Crippen LogP contribution in [0, 0.1) is 0 Å². The highest BCUT2D eigenvalue weighted by Gasteiger charge is 2.08. The van der Waals surface area contributed by atoms with Crippen LogP contribution in [0.25, 0.3) is 10.9 Å². The number of aliphatic imine (C=N–C) groups is 1. The van der Waals surface area contributed by atoms with E-state index < -0.39 is 0 Å². The van der Waals surface area contributed by atoms with Crippen LogP contribution in [0.1, 0.15) is 5.56 Å². The molecule has 82 valence electrons. The first-order valence-corrected chi connectivity index (χ1v) is 5.21. The van der Waals surface area contributed by atoms with E-state index in [1.54, 1.807) is 24.4 Å². The number of H-pyrrole nitrogens is 1. The lowest BCUT2D eigenvalue weighted by molar-refractivity contribution is 0.457. The highest BCUT2D eigenvalue weighted by molar-refractivity contribution is 6.31. The van der Waals surface area contributed by atoms with Gasteiger partial charge in [0.2, 0.25) is 0 Å². The Labute approximate surface area is 98.1 Å². The van der Waals surface area contributed by atoms with Crippen molar-refractivity contribution in [3.63, 3.8) is 0 Å². The second-order valence-corrected chi connectivity index (χ2v) is 3.80. The molecule has 0 radical (unpaired) electrons. The van der Waals surface area contributed by atoms with Crippen molar-refractivity contribution in [2.75, 3.05) is 6.54 Å². The van der Waals surface area contributed by atoms with Gasteiger partial charge in [0.15, 0.2) is 5.88 Å². The summed E-state index contributed by atoms with van der Waals surface area (Å²) in [6.07, 6.45) is 3.31. The predicted molar refractivity (Wildman–Crippen MR) is 67.6 cm³/mol. The minimum absolute atomic E-state index is 0.102. The molecular formula is C12H11ClN2O. The maximum atomic E-state index is 9.71. The summed E-state index contributed by atoms with van der Waals surface area (Å²) >= 11 is 5.91. The summed E-state index contributed by atoms with van der Waals surface area (Å²) in [6, 6.07) is 5.38. The fourth-order valence-corrected chi connectivity index (χ4v) is 1.69. The normalized spacial score (nSPS) is 11.3. The Kier molecular flexibility index (Phi) is 2.97. The molecule has 0 fully saturated rings. The molecule has 2 N–H and O–H groups in total. The van der Waals surface area contributed by atoms with Crippen LogP contribution in [0.5, 0.6) is 5.88 Å². The van der Waals surface area contributed by atoms with Crippen LogP contribution in [0.15, 0.2) is 35.8 Å². The van der Waals surface area contributed by atoms with E-state index in [1.807, 2.05) is 6.07 Å². The van der Waals surface area contributed by atoms with E-state index in [-0.39, 0.29) is 5.88 Å². The van der Waals surface area contributed by atoms with Gasteiger partial charge in [-0.05, 0) is 18.2 Å². The lowest BCUT2D eigenvalue weighted by Crippen LogP contribution is -1.81. The molecule has 0 atom stereocenters. The SMILES string of the molecule is C=CCN=Cc1c(O)[nH]c2ccc(Cl)cc12. The highest BCUT2D eigenvalue weighted by atomic mass is 35.5. The van der Waals surface area contributed by atoms with E-state index in [0.717, 1.165) is 10.9 Å². The Morgan fingerprint density at radius 1 is 1.50 bits per heavy atom. The van der Waals surface area contributed by atoms with E-state index in [9.17, 15) is 5.11 Å². The quantitative estimate of drug-likeness (QED) is 0.622. The molecular weight excluding hydrogens is 224 g/mol. The van der Waals surface area contributed by atoms with Crippen molar-refractivity contribution in [2.24, 2.45) is 4.99 Å². The Morgan fingerprint density at radius 2 is 2.31 bits per heavy atom. The number of aromatic hydroxyl groups is 1. The maximum absolute atomic E-state index is 9.71. The highest BCUT2D eigenvalue weighted by Crippen LogP contribution is 2.27. The van der Waals surface area contributed by atoms with Crippen LogP contribution in [0.2, 0.25) is 5.02 Å². The molecule has 0 aliphatic carbocycles. The molecule has 0 spiro atoms. The molecule has 0 bridgehead atoms. The second-order valence-electron chi connectivity index (χ2n) is 3.36. The van der Waals surface area contributed by atoms with Gasteiger partial charge in [-0.3, -0.25) is 4.99 Å². The van der Waals surface area contributed by atoms with E-state index in [0.29, 0.717) is 17.1 Å². The van der Waals surface area contributed by atoms with Gasteiger partial charge in [-0.15, -0.1) is 6.58 Å². The van der Waals surface area contributed by atoms with Crippen LogP contribution in [-0.4, -0.2) is 22.8 Å². The number of hydrogen-bond donors (Lipinski definition) is 2. The number of hydrogen-bond acceptors (Lipinski definition) is 2. The lowest BCUT2D eigenvalue weighted by Gasteiger charge is -1.93. The number of rotatable bonds is 3. The third kappa shape index (κ3) is 1.95. The molecule has 0 aliphatic rings. The number of benzene rings is 1. The number of aromatic nitrogens is 1. The molecule has 0 aliphatic heterocycles. The molecule has 0 saturated carbocycles. The monoisotopic (exact) mass is 234 g/mol. The summed E-state index contributed by atoms with van der Waals surface area (Å²) in [6.45, 7) is 4.09. The fourth-order valence-electron chi connectivity index (χ4n) is 1.52. The molecule has 0 saturated heterocycles. The van der Waals surface area contributed by atoms with Gasteiger partial charge in [-0.2, -0.15) is 0 Å². The van der Waals surface area contributed by atoms with Crippen molar-refractivity contribution < 1.29 is 5.11 Å². The zero-order valence-electron chi connectivity index (χ0n) is 8.57. The van der Waals surface area contributed by atoms with Crippen molar-refractivity contribution in [1.82, 2.24) is 4.98 Å². The molecule has 1 heterocycles. The first-order valence-electron chi connectivity index (χ1n) is 4.83. The molecule has 1 aromatic carbocycles. The van der Waals surface area contributed by atoms with Gasteiger partial charge in [-0.1, -0.05) is 17.7 Å². The molecule has 1 aromatic heterocycles. The average Bonchev–Trinajstić information content (AvgIpc) is 2.56. The molecule has 2 aromatic rings. The number of aromatic amines is 1. The summed E-state index contributed by atoms with van der Waals surface area (Å²) in [5.74, 6) is 0.102. The van der Waals surface area contributed by atoms with Crippen molar-refractivity contribution in [3.8, 4) is 5.88 Å². The summed E-state index contributed by atoms with van der Waals surface area (Å²) in [4.78, 5) is 6.97. The largest absolute Gasteiger partial charge is 0.494 e. The third-order valence-corrected chi connectivity index (χ3v) is 2.47. The number of halogens is 1. The van der Waals surface area contributed by atoms with Crippen molar-refractivity contribution in [2.45, 2.75) is 0 Å². The zero-order chi connectivity index (χ0) is 11.5. The number of fused-ring (bicyclic) bond motifs is 1. The minimum Gasteiger partial charge on any atom is -0.494 e. The summed E-state index contributed by atoms with van der Waals surface area (Å²) in [7, 11) is 0. The van der Waals surface area contributed by atoms with Crippen LogP contribution in [0.3, 0.4) is 0 Å². The van der Waals surface area contributed by atoms with Crippen molar-refractivity contribution in [3.05, 3.63) is 41.4 Å². The van der Waals surface area contributed by atoms with Crippen LogP contribution < -0.4 is 0 Å². The predicted octanol–water partition coefficient (Wildman–Crippen LogP) is 3.13. The standard InChI is InChI=1S/C12H11ClN2O/c1-2-5-14-7-10-9-6-8(13)3-4-11(9)15-12(10)16/h2-4,6-7,15-16H,1,5H2. The number of nitrogens with one attached hydrogen (secondary N) is 1. The molecule has 0 unspecified atom stereocenters. The topological polar surface area (TPSA) is 48.4 Å². The third-order valence-electron chi connectivity index (χ3n) is 2.23. The van der Waals surface area contributed by atoms with E-state index in [1.165, 1.54) is 0 Å². The van der Waals surface area contributed by atoms with Gasteiger partial charge in [0.1, 0.15) is 0 Å². The fraction of sp³-hybridized carbons (Fsp3) is 0.0833.